The lowest BCUT2D eigenvalue weighted by atomic mass is 9.87. The van der Waals surface area contributed by atoms with E-state index in [4.69, 9.17) is 22.2 Å². The third kappa shape index (κ3) is 9.48. The van der Waals surface area contributed by atoms with Gasteiger partial charge in [-0.2, -0.15) is 0 Å². The van der Waals surface area contributed by atoms with Crippen molar-refractivity contribution in [3.63, 3.8) is 0 Å². The first-order valence-electron chi connectivity index (χ1n) is 13.1. The van der Waals surface area contributed by atoms with Crippen LogP contribution in [-0.4, -0.2) is 51.0 Å². The highest BCUT2D eigenvalue weighted by atomic mass is 16.6. The van der Waals surface area contributed by atoms with Crippen molar-refractivity contribution in [2.45, 2.75) is 89.1 Å². The first-order valence-corrected chi connectivity index (χ1v) is 8.58. The molecular formula is C20H34O6. The number of carboxylic acids is 1. The van der Waals surface area contributed by atoms with E-state index in [1.165, 1.54) is 6.08 Å². The molecule has 0 aromatic heterocycles. The lowest BCUT2D eigenvalue weighted by molar-refractivity contribution is -0.199. The molecule has 1 rings (SSSR count). The number of aliphatic hydroxyl groups excluding tert-OH is 3. The monoisotopic (exact) mass is 379 g/mol. The third-order valence-electron chi connectivity index (χ3n) is 3.99. The number of hydrogen-bond donors (Lipinski definition) is 4. The van der Waals surface area contributed by atoms with Crippen LogP contribution in [-0.2, 0) is 9.53 Å². The van der Waals surface area contributed by atoms with E-state index in [9.17, 15) is 20.1 Å². The van der Waals surface area contributed by atoms with Crippen molar-refractivity contribution in [2.24, 2.45) is 5.92 Å². The SMILES string of the molecule is [2H]C([2H])([2H])C([2H])([2H])C([2H])([2H])C([2H])([2H])C[C@H](O)/C=C/[C@H]1OC(O)C[C@H](O)[C@@H]1C/C=C\CCCC(=O)O. The van der Waals surface area contributed by atoms with Crippen molar-refractivity contribution in [1.82, 2.24) is 0 Å². The minimum atomic E-state index is -3.53. The Bertz CT molecular complexity index is 754. The highest BCUT2D eigenvalue weighted by Crippen LogP contribution is 2.29. The molecule has 6 heteroatoms. The molecule has 0 aromatic rings. The highest BCUT2D eigenvalue weighted by molar-refractivity contribution is 5.66. The summed E-state index contributed by atoms with van der Waals surface area (Å²) in [7, 11) is 0. The number of unbranched alkanes of at least 4 members (excludes halogenated alkanes) is 1. The molecular weight excluding hydrogens is 336 g/mol. The van der Waals surface area contributed by atoms with Crippen molar-refractivity contribution >= 4 is 5.97 Å². The molecule has 0 spiro atoms. The van der Waals surface area contributed by atoms with E-state index >= 15 is 0 Å². The summed E-state index contributed by atoms with van der Waals surface area (Å²) in [6.45, 7) is -3.44. The van der Waals surface area contributed by atoms with Gasteiger partial charge in [0, 0.05) is 31.1 Å². The number of aliphatic hydroxyl groups is 3. The first-order chi connectivity index (χ1) is 15.8. The van der Waals surface area contributed by atoms with Gasteiger partial charge in [-0.05, 0) is 25.7 Å². The second-order valence-corrected chi connectivity index (χ2v) is 6.10. The molecule has 1 aliphatic rings. The lowest BCUT2D eigenvalue weighted by Crippen LogP contribution is -2.43. The highest BCUT2D eigenvalue weighted by Gasteiger charge is 2.35. The molecule has 1 heterocycles. The molecule has 1 saturated heterocycles. The van der Waals surface area contributed by atoms with Gasteiger partial charge in [0.15, 0.2) is 6.29 Å². The quantitative estimate of drug-likeness (QED) is 0.307. The Labute approximate surface area is 168 Å². The summed E-state index contributed by atoms with van der Waals surface area (Å²) in [6, 6.07) is 0. The predicted molar refractivity (Wildman–Crippen MR) is 99.5 cm³/mol. The average molecular weight is 380 g/mol. The average Bonchev–Trinajstić information content (AvgIpc) is 2.68. The maximum atomic E-state index is 10.5. The maximum Gasteiger partial charge on any atom is 0.303 e. The topological polar surface area (TPSA) is 107 Å². The third-order valence-corrected chi connectivity index (χ3v) is 3.99. The van der Waals surface area contributed by atoms with Gasteiger partial charge in [0.2, 0.25) is 0 Å². The Hall–Kier alpha value is -1.21. The van der Waals surface area contributed by atoms with Gasteiger partial charge in [-0.1, -0.05) is 50.3 Å². The van der Waals surface area contributed by atoms with Crippen LogP contribution in [0.5, 0.6) is 0 Å². The summed E-state index contributed by atoms with van der Waals surface area (Å²) in [5.41, 5.74) is 0. The summed E-state index contributed by atoms with van der Waals surface area (Å²) in [6.07, 6.45) is -8.79. The Morgan fingerprint density at radius 1 is 1.38 bits per heavy atom. The van der Waals surface area contributed by atoms with Crippen molar-refractivity contribution in [3.05, 3.63) is 24.3 Å². The van der Waals surface area contributed by atoms with Gasteiger partial charge >= 0.3 is 5.97 Å². The second kappa shape index (κ2) is 13.0. The van der Waals surface area contributed by atoms with E-state index in [0.717, 1.165) is 6.08 Å². The van der Waals surface area contributed by atoms with Crippen LogP contribution in [0.1, 0.15) is 76.8 Å². The summed E-state index contributed by atoms with van der Waals surface area (Å²) >= 11 is 0. The van der Waals surface area contributed by atoms with Gasteiger partial charge in [0.25, 0.3) is 0 Å². The van der Waals surface area contributed by atoms with Crippen LogP contribution in [0.25, 0.3) is 0 Å². The molecule has 0 aromatic carbocycles. The van der Waals surface area contributed by atoms with E-state index < -0.39 is 68.9 Å². The Balaban J connectivity index is 2.89. The van der Waals surface area contributed by atoms with E-state index in [0.29, 0.717) is 19.3 Å². The molecule has 4 N–H and O–H groups in total. The maximum absolute atomic E-state index is 10.5. The zero-order valence-electron chi connectivity index (χ0n) is 23.5. The van der Waals surface area contributed by atoms with Crippen LogP contribution in [0.15, 0.2) is 24.3 Å². The molecule has 0 aliphatic carbocycles. The number of carboxylic acid groups (broad SMARTS) is 1. The fraction of sp³-hybridized carbons (Fsp3) is 0.750. The zero-order chi connectivity index (χ0) is 27.2. The van der Waals surface area contributed by atoms with Gasteiger partial charge in [0.1, 0.15) is 0 Å². The molecule has 150 valence electrons. The van der Waals surface area contributed by atoms with Gasteiger partial charge in [0.05, 0.1) is 18.3 Å². The van der Waals surface area contributed by atoms with Crippen LogP contribution in [0.4, 0.5) is 0 Å². The summed E-state index contributed by atoms with van der Waals surface area (Å²) < 4.78 is 73.9. The van der Waals surface area contributed by atoms with Gasteiger partial charge in [-0.15, -0.1) is 0 Å². The molecule has 1 aliphatic heterocycles. The molecule has 5 atom stereocenters. The number of allylic oxidation sites excluding steroid dienone is 2. The van der Waals surface area contributed by atoms with Crippen molar-refractivity contribution < 1.29 is 42.3 Å². The van der Waals surface area contributed by atoms with Crippen LogP contribution in [0.2, 0.25) is 0 Å². The van der Waals surface area contributed by atoms with E-state index in [2.05, 4.69) is 0 Å². The smallest absolute Gasteiger partial charge is 0.303 e. The molecule has 6 nitrogen and oxygen atoms in total. The number of ether oxygens (including phenoxy) is 1. The van der Waals surface area contributed by atoms with E-state index in [1.807, 2.05) is 0 Å². The van der Waals surface area contributed by atoms with Crippen LogP contribution < -0.4 is 0 Å². The van der Waals surface area contributed by atoms with Crippen LogP contribution in [0.3, 0.4) is 0 Å². The number of aliphatic carboxylic acids is 1. The fourth-order valence-electron chi connectivity index (χ4n) is 2.67. The largest absolute Gasteiger partial charge is 0.481 e. The van der Waals surface area contributed by atoms with Crippen molar-refractivity contribution in [1.29, 1.82) is 0 Å². The molecule has 1 unspecified atom stereocenters. The summed E-state index contributed by atoms with van der Waals surface area (Å²) in [5.74, 6) is -1.45. The Kier molecular flexibility index (Phi) is 6.16. The normalized spacial score (nSPS) is 35.3. The van der Waals surface area contributed by atoms with Crippen molar-refractivity contribution in [2.75, 3.05) is 0 Å². The zero-order valence-corrected chi connectivity index (χ0v) is 14.5. The minimum absolute atomic E-state index is 0.0221. The predicted octanol–water partition coefficient (Wildman–Crippen LogP) is 2.77. The molecule has 0 amide bonds. The standard InChI is InChI=1S/C20H34O6/c1-2-3-6-9-15(21)12-13-18-16(17(22)14-20(25)26-18)10-7-4-5-8-11-19(23)24/h4,7,12-13,15-18,20-22,25H,2-3,5-6,8-11,14H2,1H3,(H,23,24)/b7-4-,13-12+/t15-,16-,17-,18+,20?/m0/s1/i1D3,2D2,3D2,6D2. The minimum Gasteiger partial charge on any atom is -0.481 e. The van der Waals surface area contributed by atoms with E-state index in [-0.39, 0.29) is 12.8 Å². The molecule has 1 fully saturated rings. The molecule has 0 radical (unpaired) electrons. The Morgan fingerprint density at radius 3 is 2.92 bits per heavy atom. The summed E-state index contributed by atoms with van der Waals surface area (Å²) in [5, 5.41) is 39.1. The van der Waals surface area contributed by atoms with Crippen LogP contribution in [0, 0.1) is 5.92 Å². The lowest BCUT2D eigenvalue weighted by Gasteiger charge is -2.36. The second-order valence-electron chi connectivity index (χ2n) is 6.10. The Morgan fingerprint density at radius 2 is 2.19 bits per heavy atom. The van der Waals surface area contributed by atoms with Crippen LogP contribution >= 0.6 is 0 Å². The van der Waals surface area contributed by atoms with E-state index in [1.54, 1.807) is 12.2 Å². The summed E-state index contributed by atoms with van der Waals surface area (Å²) in [4.78, 5) is 10.5. The van der Waals surface area contributed by atoms with Crippen molar-refractivity contribution in [3.8, 4) is 0 Å². The molecule has 0 bridgehead atoms. The fourth-order valence-corrected chi connectivity index (χ4v) is 2.67. The van der Waals surface area contributed by atoms with Gasteiger partial charge in [-0.3, -0.25) is 4.79 Å². The number of hydrogen-bond acceptors (Lipinski definition) is 5. The number of carbonyl (C=O) groups is 1. The molecule has 26 heavy (non-hydrogen) atoms. The van der Waals surface area contributed by atoms with Gasteiger partial charge < -0.3 is 25.2 Å². The number of rotatable bonds is 12. The molecule has 0 saturated carbocycles. The van der Waals surface area contributed by atoms with Gasteiger partial charge in [-0.25, -0.2) is 0 Å². The first kappa shape index (κ1) is 12.3.